The molecular formula is C31H27N3O8. The lowest BCUT2D eigenvalue weighted by Gasteiger charge is -2.26. The number of imide groups is 3. The summed E-state index contributed by atoms with van der Waals surface area (Å²) in [6.45, 7) is -0.0685. The van der Waals surface area contributed by atoms with Crippen molar-refractivity contribution in [2.75, 3.05) is 27.9 Å². The SMILES string of the molecule is COc1ccc(C=C2C(=O)NC(=O)N(CCc3ccc(OC)c(OC)c3)C2=O)cc1CN1C(=O)c2ccccc2C1=O. The average Bonchev–Trinajstić information content (AvgIpc) is 3.23. The summed E-state index contributed by atoms with van der Waals surface area (Å²) in [5.74, 6) is -0.951. The van der Waals surface area contributed by atoms with Crippen molar-refractivity contribution in [3.63, 3.8) is 0 Å². The topological polar surface area (TPSA) is 132 Å². The number of amides is 6. The molecule has 6 amide bonds. The maximum absolute atomic E-state index is 13.3. The van der Waals surface area contributed by atoms with E-state index in [1.54, 1.807) is 60.7 Å². The van der Waals surface area contributed by atoms with E-state index in [1.165, 1.54) is 27.4 Å². The van der Waals surface area contributed by atoms with Gasteiger partial charge in [0.05, 0.1) is 39.0 Å². The van der Waals surface area contributed by atoms with Crippen molar-refractivity contribution in [1.82, 2.24) is 15.1 Å². The van der Waals surface area contributed by atoms with Gasteiger partial charge in [-0.3, -0.25) is 34.3 Å². The molecule has 11 nitrogen and oxygen atoms in total. The van der Waals surface area contributed by atoms with E-state index in [1.807, 2.05) is 0 Å². The lowest BCUT2D eigenvalue weighted by Crippen LogP contribution is -2.54. The number of fused-ring (bicyclic) bond motifs is 1. The summed E-state index contributed by atoms with van der Waals surface area (Å²) >= 11 is 0. The van der Waals surface area contributed by atoms with Gasteiger partial charge >= 0.3 is 6.03 Å². The van der Waals surface area contributed by atoms with Crippen LogP contribution in [0.5, 0.6) is 17.2 Å². The first-order valence-corrected chi connectivity index (χ1v) is 13.0. The second-order valence-electron chi connectivity index (χ2n) is 9.53. The highest BCUT2D eigenvalue weighted by atomic mass is 16.5. The van der Waals surface area contributed by atoms with Gasteiger partial charge in [-0.05, 0) is 60.0 Å². The van der Waals surface area contributed by atoms with Crippen LogP contribution in [0.3, 0.4) is 0 Å². The van der Waals surface area contributed by atoms with Crippen molar-refractivity contribution in [2.45, 2.75) is 13.0 Å². The molecule has 0 unspecified atom stereocenters. The van der Waals surface area contributed by atoms with Gasteiger partial charge in [0, 0.05) is 12.1 Å². The van der Waals surface area contributed by atoms with Crippen molar-refractivity contribution >= 4 is 35.7 Å². The predicted octanol–water partition coefficient (Wildman–Crippen LogP) is 3.21. The number of carbonyl (C=O) groups is 5. The molecule has 11 heteroatoms. The Balaban J connectivity index is 1.37. The Morgan fingerprint density at radius 2 is 1.36 bits per heavy atom. The molecule has 1 fully saturated rings. The lowest BCUT2D eigenvalue weighted by molar-refractivity contribution is -0.130. The Morgan fingerprint density at radius 3 is 2.00 bits per heavy atom. The highest BCUT2D eigenvalue weighted by molar-refractivity contribution is 6.31. The Hall–Kier alpha value is -5.45. The monoisotopic (exact) mass is 569 g/mol. The van der Waals surface area contributed by atoms with E-state index in [0.717, 1.165) is 15.4 Å². The van der Waals surface area contributed by atoms with Gasteiger partial charge in [0.2, 0.25) is 0 Å². The number of nitrogens with one attached hydrogen (secondary N) is 1. The number of barbiturate groups is 1. The van der Waals surface area contributed by atoms with Crippen molar-refractivity contribution < 1.29 is 38.2 Å². The fraction of sp³-hybridized carbons (Fsp3) is 0.194. The first-order chi connectivity index (χ1) is 20.2. The molecule has 0 spiro atoms. The number of nitrogens with zero attached hydrogens (tertiary/aromatic N) is 2. The third-order valence-corrected chi connectivity index (χ3v) is 7.08. The zero-order chi connectivity index (χ0) is 30.0. The minimum atomic E-state index is -0.829. The summed E-state index contributed by atoms with van der Waals surface area (Å²) in [6.07, 6.45) is 1.67. The number of methoxy groups -OCH3 is 3. The Bertz CT molecular complexity index is 1630. The average molecular weight is 570 g/mol. The third-order valence-electron chi connectivity index (χ3n) is 7.08. The van der Waals surface area contributed by atoms with Crippen LogP contribution in [0.4, 0.5) is 4.79 Å². The quantitative estimate of drug-likeness (QED) is 0.236. The maximum atomic E-state index is 13.3. The van der Waals surface area contributed by atoms with Crippen molar-refractivity contribution in [1.29, 1.82) is 0 Å². The maximum Gasteiger partial charge on any atom is 0.331 e. The van der Waals surface area contributed by atoms with Crippen LogP contribution in [-0.2, 0) is 22.6 Å². The molecule has 3 aromatic carbocycles. The van der Waals surface area contributed by atoms with E-state index < -0.39 is 29.7 Å². The van der Waals surface area contributed by atoms with E-state index in [4.69, 9.17) is 14.2 Å². The second kappa shape index (κ2) is 11.6. The standard InChI is InChI=1S/C31H27N3O8/c1-40-24-10-9-19(14-20(24)17-34-28(36)21-6-4-5-7-22(21)29(34)37)15-23-27(35)32-31(39)33(30(23)38)13-12-18-8-11-25(41-2)26(16-18)42-3/h4-11,14-16H,12-13,17H2,1-3H3,(H,32,35,39). The van der Waals surface area contributed by atoms with Crippen LogP contribution in [-0.4, -0.2) is 67.3 Å². The van der Waals surface area contributed by atoms with Gasteiger partial charge in [-0.15, -0.1) is 0 Å². The van der Waals surface area contributed by atoms with Crippen LogP contribution in [0.2, 0.25) is 0 Å². The van der Waals surface area contributed by atoms with Gasteiger partial charge in [-0.2, -0.15) is 0 Å². The largest absolute Gasteiger partial charge is 0.496 e. The molecule has 0 aromatic heterocycles. The smallest absolute Gasteiger partial charge is 0.331 e. The van der Waals surface area contributed by atoms with Crippen molar-refractivity contribution in [3.05, 3.63) is 94.1 Å². The molecule has 1 N–H and O–H groups in total. The Morgan fingerprint density at radius 1 is 0.714 bits per heavy atom. The van der Waals surface area contributed by atoms with E-state index >= 15 is 0 Å². The van der Waals surface area contributed by atoms with Crippen LogP contribution >= 0.6 is 0 Å². The number of benzene rings is 3. The molecule has 0 atom stereocenters. The minimum Gasteiger partial charge on any atom is -0.496 e. The summed E-state index contributed by atoms with van der Waals surface area (Å²) in [6, 6.07) is 15.9. The number of carbonyl (C=O) groups excluding carboxylic acids is 5. The second-order valence-corrected chi connectivity index (χ2v) is 9.53. The fourth-order valence-electron chi connectivity index (χ4n) is 4.91. The van der Waals surface area contributed by atoms with E-state index in [9.17, 15) is 24.0 Å². The molecule has 42 heavy (non-hydrogen) atoms. The fourth-order valence-corrected chi connectivity index (χ4v) is 4.91. The Kier molecular flexibility index (Phi) is 7.74. The van der Waals surface area contributed by atoms with Gasteiger partial charge < -0.3 is 14.2 Å². The normalized spacial score (nSPS) is 15.7. The van der Waals surface area contributed by atoms with E-state index in [2.05, 4.69) is 5.32 Å². The first-order valence-electron chi connectivity index (χ1n) is 13.0. The molecule has 3 aromatic rings. The first kappa shape index (κ1) is 28.1. The molecule has 214 valence electrons. The summed E-state index contributed by atoms with van der Waals surface area (Å²) in [7, 11) is 4.49. The van der Waals surface area contributed by atoms with E-state index in [0.29, 0.717) is 45.9 Å². The highest BCUT2D eigenvalue weighted by Crippen LogP contribution is 2.30. The minimum absolute atomic E-state index is 0.0123. The number of rotatable bonds is 9. The molecule has 2 aliphatic rings. The molecule has 2 heterocycles. The van der Waals surface area contributed by atoms with Crippen LogP contribution in [0.1, 0.15) is 37.4 Å². The summed E-state index contributed by atoms with van der Waals surface area (Å²) in [4.78, 5) is 66.4. The Labute approximate surface area is 241 Å². The van der Waals surface area contributed by atoms with Gasteiger partial charge in [0.25, 0.3) is 23.6 Å². The molecule has 5 rings (SSSR count). The predicted molar refractivity (Wildman–Crippen MR) is 150 cm³/mol. The van der Waals surface area contributed by atoms with E-state index in [-0.39, 0.29) is 18.7 Å². The van der Waals surface area contributed by atoms with Gasteiger partial charge in [0.1, 0.15) is 11.3 Å². The molecule has 2 aliphatic heterocycles. The van der Waals surface area contributed by atoms with Gasteiger partial charge in [0.15, 0.2) is 11.5 Å². The summed E-state index contributed by atoms with van der Waals surface area (Å²) < 4.78 is 16.0. The molecule has 0 radical (unpaired) electrons. The van der Waals surface area contributed by atoms with Crippen LogP contribution in [0.25, 0.3) is 6.08 Å². The van der Waals surface area contributed by atoms with Crippen LogP contribution < -0.4 is 19.5 Å². The zero-order valence-corrected chi connectivity index (χ0v) is 23.1. The van der Waals surface area contributed by atoms with Gasteiger partial charge in [-0.1, -0.05) is 24.3 Å². The molecular weight excluding hydrogens is 542 g/mol. The molecule has 0 saturated carbocycles. The molecule has 1 saturated heterocycles. The number of hydrogen-bond acceptors (Lipinski definition) is 8. The molecule has 0 bridgehead atoms. The summed E-state index contributed by atoms with van der Waals surface area (Å²) in [5.41, 5.74) is 2.13. The number of ether oxygens (including phenoxy) is 3. The van der Waals surface area contributed by atoms with Crippen LogP contribution in [0, 0.1) is 0 Å². The van der Waals surface area contributed by atoms with Crippen molar-refractivity contribution in [2.24, 2.45) is 0 Å². The van der Waals surface area contributed by atoms with Crippen LogP contribution in [0.15, 0.2) is 66.2 Å². The lowest BCUT2D eigenvalue weighted by atomic mass is 10.0. The van der Waals surface area contributed by atoms with Gasteiger partial charge in [-0.25, -0.2) is 4.79 Å². The van der Waals surface area contributed by atoms with Crippen molar-refractivity contribution in [3.8, 4) is 17.2 Å². The zero-order valence-electron chi connectivity index (χ0n) is 23.1. The number of urea groups is 1. The summed E-state index contributed by atoms with van der Waals surface area (Å²) in [5, 5.41) is 2.22. The third kappa shape index (κ3) is 5.19. The molecule has 0 aliphatic carbocycles. The highest BCUT2D eigenvalue weighted by Gasteiger charge is 2.37. The number of hydrogen-bond donors (Lipinski definition) is 1.